The van der Waals surface area contributed by atoms with Crippen molar-refractivity contribution in [2.45, 2.75) is 13.0 Å². The number of ether oxygens (including phenoxy) is 2. The van der Waals surface area contributed by atoms with Crippen LogP contribution < -0.4 is 19.9 Å². The Hall–Kier alpha value is -3.20. The summed E-state index contributed by atoms with van der Waals surface area (Å²) in [6, 6.07) is 9.14. The van der Waals surface area contributed by atoms with Gasteiger partial charge in [0.1, 0.15) is 17.4 Å². The molecule has 1 unspecified atom stereocenters. The predicted octanol–water partition coefficient (Wildman–Crippen LogP) is 0.991. The third-order valence-electron chi connectivity index (χ3n) is 5.31. The molecule has 3 heterocycles. The maximum atomic E-state index is 12.7. The number of aromatic nitrogens is 2. The second-order valence-electron chi connectivity index (χ2n) is 7.26. The predicted molar refractivity (Wildman–Crippen MR) is 110 cm³/mol. The van der Waals surface area contributed by atoms with Crippen LogP contribution in [0.15, 0.2) is 36.5 Å². The normalized spacial score (nSPS) is 19.1. The smallest absolute Gasteiger partial charge is 0.227 e. The van der Waals surface area contributed by atoms with E-state index in [0.717, 1.165) is 24.6 Å². The number of nitrogens with one attached hydrogen (secondary N) is 1. The molecule has 0 aliphatic carbocycles. The molecule has 2 aromatic rings. The molecule has 0 saturated carbocycles. The Morgan fingerprint density at radius 1 is 1.30 bits per heavy atom. The summed E-state index contributed by atoms with van der Waals surface area (Å²) in [6.45, 7) is 3.48. The number of nitrogens with zero attached hydrogens (tertiary/aromatic N) is 4. The van der Waals surface area contributed by atoms with Crippen molar-refractivity contribution in [2.24, 2.45) is 5.92 Å². The third-order valence-corrected chi connectivity index (χ3v) is 5.31. The number of anilines is 2. The first kappa shape index (κ1) is 20.1. The summed E-state index contributed by atoms with van der Waals surface area (Å²) in [4.78, 5) is 37.7. The number of benzene rings is 1. The van der Waals surface area contributed by atoms with Gasteiger partial charge in [0.2, 0.25) is 11.8 Å². The summed E-state index contributed by atoms with van der Waals surface area (Å²) in [7, 11) is 1.58. The lowest BCUT2D eigenvalue weighted by Crippen LogP contribution is -2.37. The molecule has 2 fully saturated rings. The minimum absolute atomic E-state index is 0.0750. The van der Waals surface area contributed by atoms with Crippen LogP contribution in [0.4, 0.5) is 11.5 Å². The van der Waals surface area contributed by atoms with E-state index < -0.39 is 5.92 Å². The fourth-order valence-electron chi connectivity index (χ4n) is 3.66. The number of hydrogen-bond acceptors (Lipinski definition) is 7. The zero-order valence-electron chi connectivity index (χ0n) is 16.9. The highest BCUT2D eigenvalue weighted by atomic mass is 16.5. The molecule has 2 saturated heterocycles. The lowest BCUT2D eigenvalue weighted by molar-refractivity contribution is -0.126. The molecule has 1 N–H and O–H groups in total. The maximum absolute atomic E-state index is 12.7. The van der Waals surface area contributed by atoms with Gasteiger partial charge >= 0.3 is 0 Å². The minimum atomic E-state index is -0.411. The van der Waals surface area contributed by atoms with Gasteiger partial charge in [-0.1, -0.05) is 6.07 Å². The van der Waals surface area contributed by atoms with Crippen molar-refractivity contribution >= 4 is 23.3 Å². The molecule has 0 radical (unpaired) electrons. The first-order valence-corrected chi connectivity index (χ1v) is 10.0. The molecule has 9 heteroatoms. The zero-order valence-corrected chi connectivity index (χ0v) is 16.9. The van der Waals surface area contributed by atoms with E-state index in [-0.39, 0.29) is 24.8 Å². The highest BCUT2D eigenvalue weighted by molar-refractivity contribution is 6.00. The second kappa shape index (κ2) is 9.08. The molecule has 4 rings (SSSR count). The van der Waals surface area contributed by atoms with Crippen molar-refractivity contribution in [1.29, 1.82) is 0 Å². The van der Waals surface area contributed by atoms with Crippen LogP contribution in [0.5, 0.6) is 5.75 Å². The molecule has 0 bridgehead atoms. The van der Waals surface area contributed by atoms with Crippen LogP contribution in [0.3, 0.4) is 0 Å². The Bertz CT molecular complexity index is 916. The lowest BCUT2D eigenvalue weighted by atomic mass is 10.1. The number of carbonyl (C=O) groups is 2. The molecule has 2 aliphatic heterocycles. The Kier molecular flexibility index (Phi) is 6.08. The molecular formula is C21H25N5O4. The maximum Gasteiger partial charge on any atom is 0.227 e. The van der Waals surface area contributed by atoms with Gasteiger partial charge in [0, 0.05) is 44.0 Å². The van der Waals surface area contributed by atoms with E-state index in [1.165, 1.54) is 0 Å². The second-order valence-corrected chi connectivity index (χ2v) is 7.26. The van der Waals surface area contributed by atoms with Crippen LogP contribution in [0.2, 0.25) is 0 Å². The van der Waals surface area contributed by atoms with Gasteiger partial charge in [-0.2, -0.15) is 0 Å². The number of hydrogen-bond donors (Lipinski definition) is 1. The van der Waals surface area contributed by atoms with Gasteiger partial charge in [-0.15, -0.1) is 0 Å². The molecule has 9 nitrogen and oxygen atoms in total. The number of methoxy groups -OCH3 is 1. The Balaban J connectivity index is 1.35. The van der Waals surface area contributed by atoms with Crippen LogP contribution in [0.25, 0.3) is 0 Å². The standard InChI is InChI=1S/C21H25N5O4/c1-29-17-4-2-3-16(12-17)26-14-15(11-20(26)27)21(28)23-13-18-22-6-5-19(24-18)25-7-9-30-10-8-25/h2-6,12,15H,7-11,13-14H2,1H3,(H,23,28). The van der Waals surface area contributed by atoms with Crippen molar-refractivity contribution in [1.82, 2.24) is 15.3 Å². The van der Waals surface area contributed by atoms with Crippen molar-refractivity contribution in [3.63, 3.8) is 0 Å². The Morgan fingerprint density at radius 3 is 2.93 bits per heavy atom. The van der Waals surface area contributed by atoms with Gasteiger partial charge in [0.25, 0.3) is 0 Å². The zero-order chi connectivity index (χ0) is 20.9. The van der Waals surface area contributed by atoms with Gasteiger partial charge in [0.15, 0.2) is 0 Å². The summed E-state index contributed by atoms with van der Waals surface area (Å²) >= 11 is 0. The van der Waals surface area contributed by atoms with Gasteiger partial charge in [0.05, 0.1) is 32.8 Å². The molecule has 2 amide bonds. The summed E-state index contributed by atoms with van der Waals surface area (Å²) < 4.78 is 10.6. The average Bonchev–Trinajstić information content (AvgIpc) is 3.20. The molecule has 1 atom stereocenters. The van der Waals surface area contributed by atoms with Crippen LogP contribution in [-0.4, -0.2) is 61.7 Å². The lowest BCUT2D eigenvalue weighted by Gasteiger charge is -2.27. The minimum Gasteiger partial charge on any atom is -0.497 e. The van der Waals surface area contributed by atoms with E-state index in [1.54, 1.807) is 24.3 Å². The molecule has 0 spiro atoms. The fraction of sp³-hybridized carbons (Fsp3) is 0.429. The highest BCUT2D eigenvalue weighted by Gasteiger charge is 2.35. The molecule has 1 aromatic carbocycles. The number of carbonyl (C=O) groups excluding carboxylic acids is 2. The average molecular weight is 411 g/mol. The first-order chi connectivity index (χ1) is 14.6. The van der Waals surface area contributed by atoms with Crippen LogP contribution in [0.1, 0.15) is 12.2 Å². The Morgan fingerprint density at radius 2 is 2.13 bits per heavy atom. The van der Waals surface area contributed by atoms with E-state index >= 15 is 0 Å². The van der Waals surface area contributed by atoms with Crippen LogP contribution in [0, 0.1) is 5.92 Å². The van der Waals surface area contributed by atoms with E-state index in [2.05, 4.69) is 20.2 Å². The number of amides is 2. The fourth-order valence-corrected chi connectivity index (χ4v) is 3.66. The van der Waals surface area contributed by atoms with Gasteiger partial charge < -0.3 is 24.6 Å². The van der Waals surface area contributed by atoms with Crippen molar-refractivity contribution in [3.8, 4) is 5.75 Å². The topological polar surface area (TPSA) is 96.9 Å². The van der Waals surface area contributed by atoms with Gasteiger partial charge in [-0.25, -0.2) is 9.97 Å². The van der Waals surface area contributed by atoms with E-state index in [1.807, 2.05) is 24.3 Å². The van der Waals surface area contributed by atoms with E-state index in [0.29, 0.717) is 31.3 Å². The SMILES string of the molecule is COc1cccc(N2CC(C(=O)NCc3nccc(N4CCOCC4)n3)CC2=O)c1. The molecule has 1 aromatic heterocycles. The summed E-state index contributed by atoms with van der Waals surface area (Å²) in [5, 5.41) is 2.88. The largest absolute Gasteiger partial charge is 0.497 e. The summed E-state index contributed by atoms with van der Waals surface area (Å²) in [5.74, 6) is 1.39. The van der Waals surface area contributed by atoms with Crippen molar-refractivity contribution < 1.29 is 19.1 Å². The number of rotatable bonds is 6. The van der Waals surface area contributed by atoms with Gasteiger partial charge in [-0.3, -0.25) is 9.59 Å². The van der Waals surface area contributed by atoms with Crippen molar-refractivity contribution in [3.05, 3.63) is 42.4 Å². The van der Waals surface area contributed by atoms with Crippen molar-refractivity contribution in [2.75, 3.05) is 49.8 Å². The van der Waals surface area contributed by atoms with Gasteiger partial charge in [-0.05, 0) is 18.2 Å². The third kappa shape index (κ3) is 4.51. The monoisotopic (exact) mass is 411 g/mol. The number of morpholine rings is 1. The highest BCUT2D eigenvalue weighted by Crippen LogP contribution is 2.28. The molecular weight excluding hydrogens is 386 g/mol. The Labute approximate surface area is 175 Å². The summed E-state index contributed by atoms with van der Waals surface area (Å²) in [5.41, 5.74) is 0.733. The van der Waals surface area contributed by atoms with E-state index in [9.17, 15) is 9.59 Å². The van der Waals surface area contributed by atoms with Crippen LogP contribution in [-0.2, 0) is 20.9 Å². The molecule has 2 aliphatic rings. The molecule has 30 heavy (non-hydrogen) atoms. The van der Waals surface area contributed by atoms with E-state index in [4.69, 9.17) is 9.47 Å². The summed E-state index contributed by atoms with van der Waals surface area (Å²) in [6.07, 6.45) is 1.88. The molecule has 158 valence electrons. The first-order valence-electron chi connectivity index (χ1n) is 10.0. The quantitative estimate of drug-likeness (QED) is 0.757. The van der Waals surface area contributed by atoms with Crippen LogP contribution >= 0.6 is 0 Å².